The summed E-state index contributed by atoms with van der Waals surface area (Å²) in [6, 6.07) is 8.79. The van der Waals surface area contributed by atoms with Gasteiger partial charge in [-0.15, -0.1) is 0 Å². The highest BCUT2D eigenvalue weighted by molar-refractivity contribution is 5.26. The van der Waals surface area contributed by atoms with Gasteiger partial charge in [-0.1, -0.05) is 24.3 Å². The Bertz CT molecular complexity index is 348. The summed E-state index contributed by atoms with van der Waals surface area (Å²) in [5.74, 6) is 5.64. The van der Waals surface area contributed by atoms with Crippen LogP contribution in [0, 0.1) is 6.92 Å². The van der Waals surface area contributed by atoms with E-state index in [0.717, 1.165) is 19.4 Å². The van der Waals surface area contributed by atoms with E-state index >= 15 is 0 Å². The molecule has 0 saturated carbocycles. The summed E-state index contributed by atoms with van der Waals surface area (Å²) in [5.41, 5.74) is 5.63. The van der Waals surface area contributed by atoms with Gasteiger partial charge in [-0.05, 0) is 43.7 Å². The van der Waals surface area contributed by atoms with Crippen LogP contribution in [0.3, 0.4) is 0 Å². The Balaban J connectivity index is 1.92. The first-order valence-corrected chi connectivity index (χ1v) is 6.42. The second-order valence-corrected chi connectivity index (χ2v) is 4.86. The Hall–Kier alpha value is -0.900. The first-order valence-electron chi connectivity index (χ1n) is 6.42. The van der Waals surface area contributed by atoms with Gasteiger partial charge in [-0.2, -0.15) is 0 Å². The summed E-state index contributed by atoms with van der Waals surface area (Å²) in [6.07, 6.45) is 4.73. The number of hydrogen-bond donors (Lipinski definition) is 2. The zero-order chi connectivity index (χ0) is 12.1. The maximum atomic E-state index is 5.66. The molecule has 2 atom stereocenters. The number of benzene rings is 1. The number of nitrogens with one attached hydrogen (secondary N) is 1. The van der Waals surface area contributed by atoms with Crippen LogP contribution in [-0.4, -0.2) is 18.8 Å². The van der Waals surface area contributed by atoms with Crippen LogP contribution in [0.5, 0.6) is 0 Å². The third kappa shape index (κ3) is 3.53. The maximum absolute atomic E-state index is 5.66. The Morgan fingerprint density at radius 3 is 2.94 bits per heavy atom. The Morgan fingerprint density at radius 2 is 2.29 bits per heavy atom. The quantitative estimate of drug-likeness (QED) is 0.604. The summed E-state index contributed by atoms with van der Waals surface area (Å²) < 4.78 is 5.66. The number of hydrazine groups is 1. The second kappa shape index (κ2) is 6.15. The average molecular weight is 234 g/mol. The minimum absolute atomic E-state index is 0.305. The van der Waals surface area contributed by atoms with Crippen molar-refractivity contribution in [1.29, 1.82) is 0 Å². The SMILES string of the molecule is Cc1ccccc1CC(CC1CCCO1)NN. The zero-order valence-corrected chi connectivity index (χ0v) is 10.5. The monoisotopic (exact) mass is 234 g/mol. The molecule has 1 aliphatic rings. The van der Waals surface area contributed by atoms with Gasteiger partial charge in [0.1, 0.15) is 0 Å². The van der Waals surface area contributed by atoms with E-state index in [0.29, 0.717) is 12.1 Å². The van der Waals surface area contributed by atoms with Gasteiger partial charge in [-0.3, -0.25) is 11.3 Å². The Morgan fingerprint density at radius 1 is 1.47 bits per heavy atom. The molecule has 0 amide bonds. The predicted molar refractivity (Wildman–Crippen MR) is 69.6 cm³/mol. The molecule has 0 aliphatic carbocycles. The lowest BCUT2D eigenvalue weighted by Gasteiger charge is -2.20. The number of nitrogens with two attached hydrogens (primary N) is 1. The second-order valence-electron chi connectivity index (χ2n) is 4.86. The lowest BCUT2D eigenvalue weighted by atomic mass is 9.97. The fourth-order valence-electron chi connectivity index (χ4n) is 2.46. The fourth-order valence-corrected chi connectivity index (χ4v) is 2.46. The van der Waals surface area contributed by atoms with E-state index in [-0.39, 0.29) is 0 Å². The van der Waals surface area contributed by atoms with E-state index < -0.39 is 0 Å². The van der Waals surface area contributed by atoms with Gasteiger partial charge in [0, 0.05) is 12.6 Å². The number of hydrogen-bond acceptors (Lipinski definition) is 3. The molecule has 0 aromatic heterocycles. The third-order valence-corrected chi connectivity index (χ3v) is 3.53. The van der Waals surface area contributed by atoms with Crippen LogP contribution in [0.2, 0.25) is 0 Å². The Labute approximate surface area is 103 Å². The highest BCUT2D eigenvalue weighted by Gasteiger charge is 2.20. The van der Waals surface area contributed by atoms with Crippen LogP contribution in [0.1, 0.15) is 30.4 Å². The highest BCUT2D eigenvalue weighted by atomic mass is 16.5. The van der Waals surface area contributed by atoms with Gasteiger partial charge in [0.05, 0.1) is 6.10 Å². The number of aryl methyl sites for hydroxylation is 1. The largest absolute Gasteiger partial charge is 0.378 e. The molecule has 1 fully saturated rings. The molecule has 2 unspecified atom stereocenters. The number of ether oxygens (including phenoxy) is 1. The minimum atomic E-state index is 0.305. The average Bonchev–Trinajstić information content (AvgIpc) is 2.84. The molecule has 3 N–H and O–H groups in total. The maximum Gasteiger partial charge on any atom is 0.0591 e. The van der Waals surface area contributed by atoms with Gasteiger partial charge < -0.3 is 4.74 Å². The molecular formula is C14H22N2O. The van der Waals surface area contributed by atoms with Gasteiger partial charge in [0.2, 0.25) is 0 Å². The van der Waals surface area contributed by atoms with E-state index in [1.165, 1.54) is 24.0 Å². The van der Waals surface area contributed by atoms with Crippen LogP contribution < -0.4 is 11.3 Å². The smallest absolute Gasteiger partial charge is 0.0591 e. The topological polar surface area (TPSA) is 47.3 Å². The summed E-state index contributed by atoms with van der Waals surface area (Å²) in [4.78, 5) is 0. The molecule has 0 spiro atoms. The Kier molecular flexibility index (Phi) is 4.54. The lowest BCUT2D eigenvalue weighted by molar-refractivity contribution is 0.0946. The minimum Gasteiger partial charge on any atom is -0.378 e. The summed E-state index contributed by atoms with van der Waals surface area (Å²) in [7, 11) is 0. The van der Waals surface area contributed by atoms with Crippen LogP contribution in [0.15, 0.2) is 24.3 Å². The van der Waals surface area contributed by atoms with E-state index in [9.17, 15) is 0 Å². The summed E-state index contributed by atoms with van der Waals surface area (Å²) in [6.45, 7) is 3.06. The van der Waals surface area contributed by atoms with E-state index in [1.807, 2.05) is 0 Å². The normalized spacial score (nSPS) is 21.6. The molecule has 1 aromatic carbocycles. The van der Waals surface area contributed by atoms with E-state index in [1.54, 1.807) is 0 Å². The molecule has 0 bridgehead atoms. The molecule has 94 valence electrons. The zero-order valence-electron chi connectivity index (χ0n) is 10.5. The van der Waals surface area contributed by atoms with Gasteiger partial charge in [-0.25, -0.2) is 0 Å². The van der Waals surface area contributed by atoms with Gasteiger partial charge >= 0.3 is 0 Å². The highest BCUT2D eigenvalue weighted by Crippen LogP contribution is 2.19. The first kappa shape index (κ1) is 12.6. The van der Waals surface area contributed by atoms with Crippen molar-refractivity contribution >= 4 is 0 Å². The van der Waals surface area contributed by atoms with Crippen LogP contribution in [0.25, 0.3) is 0 Å². The lowest BCUT2D eigenvalue weighted by Crippen LogP contribution is -2.39. The van der Waals surface area contributed by atoms with E-state index in [2.05, 4.69) is 36.6 Å². The molecule has 1 saturated heterocycles. The van der Waals surface area contributed by atoms with Crippen LogP contribution in [-0.2, 0) is 11.2 Å². The van der Waals surface area contributed by atoms with Crippen molar-refractivity contribution in [2.75, 3.05) is 6.61 Å². The molecule has 17 heavy (non-hydrogen) atoms. The fraction of sp³-hybridized carbons (Fsp3) is 0.571. The molecular weight excluding hydrogens is 212 g/mol. The van der Waals surface area contributed by atoms with Crippen molar-refractivity contribution in [2.24, 2.45) is 5.84 Å². The predicted octanol–water partition coefficient (Wildman–Crippen LogP) is 1.94. The molecule has 1 aromatic rings. The van der Waals surface area contributed by atoms with Crippen molar-refractivity contribution in [3.05, 3.63) is 35.4 Å². The van der Waals surface area contributed by atoms with Crippen LogP contribution in [0.4, 0.5) is 0 Å². The molecule has 2 rings (SSSR count). The molecule has 3 heteroatoms. The van der Waals surface area contributed by atoms with Crippen molar-refractivity contribution < 1.29 is 4.74 Å². The number of rotatable bonds is 5. The van der Waals surface area contributed by atoms with Crippen molar-refractivity contribution in [1.82, 2.24) is 5.43 Å². The van der Waals surface area contributed by atoms with Gasteiger partial charge in [0.25, 0.3) is 0 Å². The van der Waals surface area contributed by atoms with Crippen molar-refractivity contribution in [3.63, 3.8) is 0 Å². The van der Waals surface area contributed by atoms with Crippen molar-refractivity contribution in [2.45, 2.75) is 44.8 Å². The summed E-state index contributed by atoms with van der Waals surface area (Å²) in [5, 5.41) is 0. The molecule has 0 radical (unpaired) electrons. The van der Waals surface area contributed by atoms with Gasteiger partial charge in [0.15, 0.2) is 0 Å². The molecule has 1 aliphatic heterocycles. The molecule has 1 heterocycles. The van der Waals surface area contributed by atoms with Crippen molar-refractivity contribution in [3.8, 4) is 0 Å². The van der Waals surface area contributed by atoms with E-state index in [4.69, 9.17) is 10.6 Å². The molecule has 3 nitrogen and oxygen atoms in total. The summed E-state index contributed by atoms with van der Waals surface area (Å²) >= 11 is 0. The third-order valence-electron chi connectivity index (χ3n) is 3.53. The first-order chi connectivity index (χ1) is 8.29. The van der Waals surface area contributed by atoms with Crippen LogP contribution >= 0.6 is 0 Å². The standard InChI is InChI=1S/C14H22N2O/c1-11-5-2-3-6-12(11)9-13(16-15)10-14-7-4-8-17-14/h2-3,5-6,13-14,16H,4,7-10,15H2,1H3.